The molecule has 0 saturated carbocycles. The molecule has 8 nitrogen and oxygen atoms in total. The van der Waals surface area contributed by atoms with Gasteiger partial charge in [0.05, 0.1) is 19.4 Å². The Morgan fingerprint density at radius 1 is 0.976 bits per heavy atom. The number of halogens is 1. The van der Waals surface area contributed by atoms with E-state index in [1.54, 1.807) is 56.3 Å². The van der Waals surface area contributed by atoms with E-state index in [2.05, 4.69) is 10.6 Å². The van der Waals surface area contributed by atoms with Crippen molar-refractivity contribution >= 4 is 51.4 Å². The van der Waals surface area contributed by atoms with E-state index in [4.69, 9.17) is 25.8 Å². The van der Waals surface area contributed by atoms with Crippen molar-refractivity contribution in [3.8, 4) is 22.6 Å². The Morgan fingerprint density at radius 2 is 1.68 bits per heavy atom. The average Bonchev–Trinajstić information content (AvgIpc) is 3.37. The highest BCUT2D eigenvalue weighted by Crippen LogP contribution is 2.37. The van der Waals surface area contributed by atoms with E-state index in [0.717, 1.165) is 11.1 Å². The maximum Gasteiger partial charge on any atom is 0.341 e. The Hall–Kier alpha value is -4.34. The summed E-state index contributed by atoms with van der Waals surface area (Å²) >= 11 is 7.29. The van der Waals surface area contributed by atoms with E-state index < -0.39 is 23.9 Å². The van der Waals surface area contributed by atoms with Gasteiger partial charge in [0.15, 0.2) is 6.10 Å². The number of hydrogen-bond donors (Lipinski definition) is 2. The fourth-order valence-electron chi connectivity index (χ4n) is 3.93. The van der Waals surface area contributed by atoms with Crippen LogP contribution in [0.15, 0.2) is 72.1 Å². The van der Waals surface area contributed by atoms with Gasteiger partial charge in [0.25, 0.3) is 11.8 Å². The third-order valence-corrected chi connectivity index (χ3v) is 7.21. The molecule has 10 heteroatoms. The van der Waals surface area contributed by atoms with Crippen molar-refractivity contribution in [1.82, 2.24) is 0 Å². The largest absolute Gasteiger partial charge is 0.495 e. The van der Waals surface area contributed by atoms with Gasteiger partial charge < -0.3 is 24.8 Å². The number of hydrogen-bond acceptors (Lipinski definition) is 7. The van der Waals surface area contributed by atoms with Crippen LogP contribution in [0.5, 0.6) is 11.5 Å². The third-order valence-electron chi connectivity index (χ3n) is 6.08. The summed E-state index contributed by atoms with van der Waals surface area (Å²) in [5, 5.41) is 8.26. The second-order valence-corrected chi connectivity index (χ2v) is 10.3. The molecule has 0 spiro atoms. The van der Waals surface area contributed by atoms with Crippen LogP contribution >= 0.6 is 22.9 Å². The topological polar surface area (TPSA) is 103 Å². The van der Waals surface area contributed by atoms with Gasteiger partial charge >= 0.3 is 5.97 Å². The lowest BCUT2D eigenvalue weighted by Crippen LogP contribution is -2.30. The zero-order valence-corrected chi connectivity index (χ0v) is 24.5. The van der Waals surface area contributed by atoms with Gasteiger partial charge in [0.2, 0.25) is 0 Å². The highest BCUT2D eigenvalue weighted by molar-refractivity contribution is 7.15. The Labute approximate surface area is 247 Å². The van der Waals surface area contributed by atoms with Crippen molar-refractivity contribution in [2.45, 2.75) is 26.9 Å². The molecule has 3 aromatic carbocycles. The minimum atomic E-state index is -0.850. The van der Waals surface area contributed by atoms with E-state index >= 15 is 0 Å². The zero-order chi connectivity index (χ0) is 29.5. The molecule has 4 aromatic rings. The van der Waals surface area contributed by atoms with E-state index in [0.29, 0.717) is 43.9 Å². The molecule has 0 saturated heterocycles. The summed E-state index contributed by atoms with van der Waals surface area (Å²) in [5.74, 6) is -0.453. The normalized spacial score (nSPS) is 11.3. The smallest absolute Gasteiger partial charge is 0.341 e. The number of nitrogens with one attached hydrogen (secondary N) is 2. The van der Waals surface area contributed by atoms with Crippen molar-refractivity contribution in [3.63, 3.8) is 0 Å². The summed E-state index contributed by atoms with van der Waals surface area (Å²) in [5.41, 5.74) is 3.72. The van der Waals surface area contributed by atoms with Crippen LogP contribution in [0, 0.1) is 6.92 Å². The molecule has 1 heterocycles. The monoisotopic (exact) mass is 592 g/mol. The lowest BCUT2D eigenvalue weighted by molar-refractivity contribution is -0.122. The number of carbonyl (C=O) groups excluding carboxylic acids is 3. The van der Waals surface area contributed by atoms with Crippen LogP contribution in [-0.4, -0.2) is 37.6 Å². The predicted molar refractivity (Wildman–Crippen MR) is 162 cm³/mol. The van der Waals surface area contributed by atoms with E-state index in [1.807, 2.05) is 36.6 Å². The molecule has 0 radical (unpaired) electrons. The van der Waals surface area contributed by atoms with Gasteiger partial charge in [-0.2, -0.15) is 0 Å². The fraction of sp³-hybridized carbons (Fsp3) is 0.194. The number of ether oxygens (including phenoxy) is 3. The molecule has 4 rings (SSSR count). The lowest BCUT2D eigenvalue weighted by Gasteiger charge is -2.16. The van der Waals surface area contributed by atoms with Gasteiger partial charge in [-0.05, 0) is 68.8 Å². The molecule has 0 fully saturated rings. The molecule has 41 heavy (non-hydrogen) atoms. The Balaban J connectivity index is 1.45. The summed E-state index contributed by atoms with van der Waals surface area (Å²) in [7, 11) is 1.50. The maximum absolute atomic E-state index is 13.1. The molecule has 0 aliphatic carbocycles. The highest BCUT2D eigenvalue weighted by atomic mass is 35.5. The van der Waals surface area contributed by atoms with Crippen molar-refractivity contribution in [3.05, 3.63) is 93.8 Å². The van der Waals surface area contributed by atoms with E-state index in [-0.39, 0.29) is 6.61 Å². The second kappa shape index (κ2) is 13.3. The van der Waals surface area contributed by atoms with Crippen LogP contribution in [0.3, 0.4) is 0 Å². The predicted octanol–water partition coefficient (Wildman–Crippen LogP) is 7.22. The number of amides is 2. The first kappa shape index (κ1) is 29.6. The molecular formula is C31H29ClN2O6S. The molecule has 212 valence electrons. The van der Waals surface area contributed by atoms with Crippen LogP contribution in [-0.2, 0) is 9.53 Å². The quantitative estimate of drug-likeness (QED) is 0.188. The van der Waals surface area contributed by atoms with Crippen LogP contribution in [0.25, 0.3) is 11.1 Å². The first-order valence-corrected chi connectivity index (χ1v) is 14.0. The van der Waals surface area contributed by atoms with Crippen LogP contribution in [0.4, 0.5) is 10.7 Å². The minimum absolute atomic E-state index is 0.208. The molecule has 2 amide bonds. The molecule has 0 bridgehead atoms. The molecule has 2 N–H and O–H groups in total. The zero-order valence-electron chi connectivity index (χ0n) is 22.9. The maximum atomic E-state index is 13.1. The van der Waals surface area contributed by atoms with Crippen molar-refractivity contribution in [1.29, 1.82) is 0 Å². The molecule has 0 aliphatic heterocycles. The number of esters is 1. The minimum Gasteiger partial charge on any atom is -0.495 e. The molecule has 1 aromatic heterocycles. The molecule has 0 aliphatic rings. The molecule has 1 atom stereocenters. The second-order valence-electron chi connectivity index (χ2n) is 9.01. The summed E-state index contributed by atoms with van der Waals surface area (Å²) in [6.07, 6.45) is -0.850. The van der Waals surface area contributed by atoms with Gasteiger partial charge in [-0.1, -0.05) is 41.4 Å². The summed E-state index contributed by atoms with van der Waals surface area (Å²) in [4.78, 5) is 38.6. The first-order chi connectivity index (χ1) is 19.7. The number of thiophene rings is 1. The number of anilines is 2. The van der Waals surface area contributed by atoms with Gasteiger partial charge in [0.1, 0.15) is 22.1 Å². The van der Waals surface area contributed by atoms with Gasteiger partial charge in [-0.3, -0.25) is 9.59 Å². The summed E-state index contributed by atoms with van der Waals surface area (Å²) in [6, 6.07) is 19.0. The van der Waals surface area contributed by atoms with Crippen LogP contribution < -0.4 is 20.1 Å². The van der Waals surface area contributed by atoms with Crippen LogP contribution in [0.2, 0.25) is 5.02 Å². The van der Waals surface area contributed by atoms with E-state index in [1.165, 1.54) is 18.4 Å². The van der Waals surface area contributed by atoms with Crippen molar-refractivity contribution in [2.75, 3.05) is 24.4 Å². The Kier molecular flexibility index (Phi) is 9.65. The highest BCUT2D eigenvalue weighted by Gasteiger charge is 2.23. The van der Waals surface area contributed by atoms with Gasteiger partial charge in [-0.15, -0.1) is 11.3 Å². The fourth-order valence-corrected chi connectivity index (χ4v) is 5.06. The molecule has 1 unspecified atom stereocenters. The van der Waals surface area contributed by atoms with E-state index in [9.17, 15) is 14.4 Å². The van der Waals surface area contributed by atoms with Crippen molar-refractivity contribution in [2.24, 2.45) is 0 Å². The number of methoxy groups -OCH3 is 1. The first-order valence-electron chi connectivity index (χ1n) is 12.8. The SMILES string of the molecule is CCOC(=O)c1c(-c2ccc(C)cc2)csc1NC(=O)c1ccc(OC(C)C(=O)Nc2cc(Cl)ccc2OC)cc1. The van der Waals surface area contributed by atoms with Crippen molar-refractivity contribution < 1.29 is 28.6 Å². The summed E-state index contributed by atoms with van der Waals surface area (Å²) < 4.78 is 16.3. The standard InChI is InChI=1S/C31H29ClN2O6S/c1-5-39-31(37)27-24(20-8-6-18(2)7-9-20)17-41-30(27)34-29(36)21-10-13-23(14-11-21)40-19(3)28(35)33-25-16-22(32)12-15-26(25)38-4/h6-17,19H,5H2,1-4H3,(H,33,35)(H,34,36). The Morgan fingerprint density at radius 3 is 2.34 bits per heavy atom. The number of carbonyl (C=O) groups is 3. The van der Waals surface area contributed by atoms with Gasteiger partial charge in [0, 0.05) is 21.5 Å². The average molecular weight is 593 g/mol. The third kappa shape index (κ3) is 7.25. The number of benzene rings is 3. The Bertz CT molecular complexity index is 1550. The summed E-state index contributed by atoms with van der Waals surface area (Å²) in [6.45, 7) is 5.53. The number of aryl methyl sites for hydroxylation is 1. The molecular weight excluding hydrogens is 564 g/mol. The lowest BCUT2D eigenvalue weighted by atomic mass is 10.0. The van der Waals surface area contributed by atoms with Crippen LogP contribution in [0.1, 0.15) is 40.1 Å². The number of rotatable bonds is 10. The van der Waals surface area contributed by atoms with Gasteiger partial charge in [-0.25, -0.2) is 4.79 Å².